The van der Waals surface area contributed by atoms with Gasteiger partial charge in [-0.3, -0.25) is 10.1 Å². The number of rotatable bonds is 4. The summed E-state index contributed by atoms with van der Waals surface area (Å²) in [4.78, 5) is 15.6. The third kappa shape index (κ3) is 2.97. The summed E-state index contributed by atoms with van der Waals surface area (Å²) in [5.74, 6) is 0. The first-order valence-corrected chi connectivity index (χ1v) is 6.55. The van der Waals surface area contributed by atoms with E-state index in [-0.39, 0.29) is 5.69 Å². The van der Waals surface area contributed by atoms with Crippen molar-refractivity contribution in [1.29, 1.82) is 0 Å². The van der Waals surface area contributed by atoms with Gasteiger partial charge in [-0.1, -0.05) is 12.1 Å². The van der Waals surface area contributed by atoms with Crippen LogP contribution in [0.25, 0.3) is 0 Å². The second-order valence-corrected chi connectivity index (χ2v) is 4.78. The van der Waals surface area contributed by atoms with Crippen molar-refractivity contribution in [2.75, 3.05) is 0 Å². The van der Waals surface area contributed by atoms with Gasteiger partial charge in [-0.2, -0.15) is 0 Å². The Morgan fingerprint density at radius 2 is 2.37 bits per heavy atom. The molecule has 0 N–H and O–H groups in total. The third-order valence-electron chi connectivity index (χ3n) is 2.57. The van der Waals surface area contributed by atoms with Crippen LogP contribution >= 0.6 is 11.3 Å². The van der Waals surface area contributed by atoms with Gasteiger partial charge in [0.15, 0.2) is 4.80 Å². The maximum atomic E-state index is 10.7. The third-order valence-corrected chi connectivity index (χ3v) is 3.55. The predicted molar refractivity (Wildman–Crippen MR) is 75.6 cm³/mol. The quantitative estimate of drug-likeness (QED) is 0.489. The van der Waals surface area contributed by atoms with E-state index in [0.29, 0.717) is 12.2 Å². The van der Waals surface area contributed by atoms with Gasteiger partial charge in [-0.15, -0.1) is 17.9 Å². The zero-order chi connectivity index (χ0) is 13.8. The lowest BCUT2D eigenvalue weighted by Gasteiger charge is -2.01. The van der Waals surface area contributed by atoms with E-state index in [4.69, 9.17) is 0 Å². The van der Waals surface area contributed by atoms with Crippen LogP contribution in [-0.4, -0.2) is 9.49 Å². The molecule has 1 heterocycles. The molecule has 0 atom stereocenters. The molecule has 6 heteroatoms. The molecule has 0 aliphatic carbocycles. The highest BCUT2D eigenvalue weighted by atomic mass is 32.1. The van der Waals surface area contributed by atoms with Gasteiger partial charge in [0.05, 0.1) is 10.6 Å². The minimum atomic E-state index is -0.420. The van der Waals surface area contributed by atoms with Crippen LogP contribution < -0.4 is 4.80 Å². The van der Waals surface area contributed by atoms with E-state index < -0.39 is 4.92 Å². The maximum absolute atomic E-state index is 10.7. The van der Waals surface area contributed by atoms with Gasteiger partial charge >= 0.3 is 0 Å². The number of aromatic nitrogens is 1. The Labute approximate surface area is 114 Å². The number of allylic oxidation sites excluding steroid dienone is 1. The number of hydrogen-bond donors (Lipinski definition) is 0. The molecule has 0 saturated carbocycles. The first-order chi connectivity index (χ1) is 9.11. The maximum Gasteiger partial charge on any atom is 0.271 e. The number of non-ortho nitro benzene ring substituents is 1. The van der Waals surface area contributed by atoms with Gasteiger partial charge in [0.2, 0.25) is 0 Å². The number of nitro benzene ring substituents is 1. The van der Waals surface area contributed by atoms with Crippen molar-refractivity contribution >= 4 is 22.7 Å². The molecule has 0 fully saturated rings. The van der Waals surface area contributed by atoms with Crippen LogP contribution in [0.15, 0.2) is 47.3 Å². The summed E-state index contributed by atoms with van der Waals surface area (Å²) < 4.78 is 2.01. The lowest BCUT2D eigenvalue weighted by atomic mass is 10.3. The second kappa shape index (κ2) is 5.62. The molecule has 0 radical (unpaired) electrons. The van der Waals surface area contributed by atoms with Crippen molar-refractivity contribution in [3.8, 4) is 0 Å². The highest BCUT2D eigenvalue weighted by Crippen LogP contribution is 2.19. The lowest BCUT2D eigenvalue weighted by Crippen LogP contribution is -2.14. The summed E-state index contributed by atoms with van der Waals surface area (Å²) in [6.45, 7) is 6.38. The summed E-state index contributed by atoms with van der Waals surface area (Å²) in [7, 11) is 0. The summed E-state index contributed by atoms with van der Waals surface area (Å²) in [6, 6.07) is 6.30. The number of nitrogens with zero attached hydrogens (tertiary/aromatic N) is 3. The van der Waals surface area contributed by atoms with Crippen LogP contribution in [0.1, 0.15) is 5.69 Å². The van der Waals surface area contributed by atoms with Gasteiger partial charge in [0.1, 0.15) is 0 Å². The molecule has 0 aliphatic rings. The molecule has 19 heavy (non-hydrogen) atoms. The van der Waals surface area contributed by atoms with E-state index >= 15 is 0 Å². The van der Waals surface area contributed by atoms with Crippen LogP contribution in [0.5, 0.6) is 0 Å². The fourth-order valence-electron chi connectivity index (χ4n) is 1.64. The summed E-state index contributed by atoms with van der Waals surface area (Å²) in [6.07, 6.45) is 1.80. The van der Waals surface area contributed by atoms with E-state index in [9.17, 15) is 10.1 Å². The Balaban J connectivity index is 2.49. The van der Waals surface area contributed by atoms with Gasteiger partial charge in [-0.05, 0) is 13.0 Å². The van der Waals surface area contributed by atoms with Gasteiger partial charge in [-0.25, -0.2) is 4.99 Å². The smallest absolute Gasteiger partial charge is 0.271 e. The first-order valence-electron chi connectivity index (χ1n) is 5.67. The normalized spacial score (nSPS) is 11.5. The number of aryl methyl sites for hydroxylation is 1. The number of benzene rings is 1. The largest absolute Gasteiger partial charge is 0.317 e. The molecular weight excluding hydrogens is 262 g/mol. The minimum absolute atomic E-state index is 0.0461. The Kier molecular flexibility index (Phi) is 3.91. The highest BCUT2D eigenvalue weighted by molar-refractivity contribution is 7.07. The zero-order valence-electron chi connectivity index (χ0n) is 10.4. The zero-order valence-corrected chi connectivity index (χ0v) is 11.3. The SMILES string of the molecule is C=CCn1c(C)csc1=Nc1cccc([N+](=O)[O-])c1. The molecule has 5 nitrogen and oxygen atoms in total. The fraction of sp³-hybridized carbons (Fsp3) is 0.154. The molecule has 1 aromatic heterocycles. The van der Waals surface area contributed by atoms with Gasteiger partial charge in [0, 0.05) is 29.8 Å². The molecule has 0 spiro atoms. The van der Waals surface area contributed by atoms with Gasteiger partial charge in [0.25, 0.3) is 5.69 Å². The van der Waals surface area contributed by atoms with Gasteiger partial charge < -0.3 is 4.57 Å². The average molecular weight is 275 g/mol. The summed E-state index contributed by atoms with van der Waals surface area (Å²) in [5.41, 5.74) is 1.72. The van der Waals surface area contributed by atoms with Crippen LogP contribution in [0.4, 0.5) is 11.4 Å². The Bertz CT molecular complexity index is 685. The minimum Gasteiger partial charge on any atom is -0.317 e. The van der Waals surface area contributed by atoms with Crippen molar-refractivity contribution in [2.45, 2.75) is 13.5 Å². The number of nitro groups is 1. The van der Waals surface area contributed by atoms with Crippen LogP contribution in [-0.2, 0) is 6.54 Å². The fourth-order valence-corrected chi connectivity index (χ4v) is 2.55. The summed E-state index contributed by atoms with van der Waals surface area (Å²) >= 11 is 1.50. The molecule has 0 aliphatic heterocycles. The van der Waals surface area contributed by atoms with E-state index in [0.717, 1.165) is 10.5 Å². The Morgan fingerprint density at radius 1 is 1.58 bits per heavy atom. The van der Waals surface area contributed by atoms with E-state index in [1.165, 1.54) is 23.5 Å². The molecule has 98 valence electrons. The van der Waals surface area contributed by atoms with Crippen molar-refractivity contribution in [3.05, 3.63) is 62.9 Å². The highest BCUT2D eigenvalue weighted by Gasteiger charge is 2.05. The van der Waals surface area contributed by atoms with Crippen LogP contribution in [0, 0.1) is 17.0 Å². The molecule has 0 saturated heterocycles. The number of hydrogen-bond acceptors (Lipinski definition) is 4. The number of thiazole rings is 1. The molecule has 0 unspecified atom stereocenters. The van der Waals surface area contributed by atoms with Crippen molar-refractivity contribution in [1.82, 2.24) is 4.57 Å². The first kappa shape index (κ1) is 13.2. The van der Waals surface area contributed by atoms with Crippen LogP contribution in [0.2, 0.25) is 0 Å². The molecule has 2 rings (SSSR count). The monoisotopic (exact) mass is 275 g/mol. The van der Waals surface area contributed by atoms with Crippen molar-refractivity contribution < 1.29 is 4.92 Å². The van der Waals surface area contributed by atoms with E-state index in [1.807, 2.05) is 16.9 Å². The van der Waals surface area contributed by atoms with Crippen LogP contribution in [0.3, 0.4) is 0 Å². The average Bonchev–Trinajstić information content (AvgIpc) is 2.72. The molecule has 0 bridgehead atoms. The van der Waals surface area contributed by atoms with E-state index in [2.05, 4.69) is 11.6 Å². The molecule has 2 aromatic rings. The van der Waals surface area contributed by atoms with E-state index in [1.54, 1.807) is 18.2 Å². The molecule has 1 aromatic carbocycles. The molecule has 0 amide bonds. The second-order valence-electron chi connectivity index (χ2n) is 3.95. The van der Waals surface area contributed by atoms with Crippen molar-refractivity contribution in [3.63, 3.8) is 0 Å². The lowest BCUT2D eigenvalue weighted by molar-refractivity contribution is -0.384. The Hall–Kier alpha value is -2.21. The summed E-state index contributed by atoms with van der Waals surface area (Å²) in [5, 5.41) is 12.7. The molecular formula is C13H13N3O2S. The standard InChI is InChI=1S/C13H13N3O2S/c1-3-7-15-10(2)9-19-13(15)14-11-5-4-6-12(8-11)16(17)18/h3-6,8-9H,1,7H2,2H3. The predicted octanol–water partition coefficient (Wildman–Crippen LogP) is 3.18. The Morgan fingerprint density at radius 3 is 3.05 bits per heavy atom. The van der Waals surface area contributed by atoms with Crippen molar-refractivity contribution in [2.24, 2.45) is 4.99 Å². The topological polar surface area (TPSA) is 60.4 Å².